The molecular formula is C29H32N4O4. The fourth-order valence-corrected chi connectivity index (χ4v) is 6.89. The minimum Gasteiger partial charge on any atom is -0.504 e. The molecule has 4 atom stereocenters. The topological polar surface area (TPSA) is 96.5 Å². The molecule has 2 N–H and O–H groups in total. The van der Waals surface area contributed by atoms with E-state index in [0.29, 0.717) is 12.0 Å². The molecule has 3 aliphatic rings. The van der Waals surface area contributed by atoms with Crippen molar-refractivity contribution >= 4 is 28.3 Å². The number of piperidine rings is 1. The van der Waals surface area contributed by atoms with Gasteiger partial charge in [-0.25, -0.2) is 4.79 Å². The van der Waals surface area contributed by atoms with Crippen LogP contribution < -0.4 is 5.32 Å². The van der Waals surface area contributed by atoms with Crippen LogP contribution >= 0.6 is 0 Å². The smallest absolute Gasteiger partial charge is 0.337 e. The van der Waals surface area contributed by atoms with E-state index in [9.17, 15) is 9.59 Å². The third-order valence-corrected chi connectivity index (χ3v) is 8.72. The van der Waals surface area contributed by atoms with Gasteiger partial charge >= 0.3 is 5.97 Å². The van der Waals surface area contributed by atoms with E-state index in [2.05, 4.69) is 33.4 Å². The fraction of sp³-hybridized carbons (Fsp3) is 0.414. The highest BCUT2D eigenvalue weighted by molar-refractivity contribution is 6.18. The minimum absolute atomic E-state index is 0.0342. The van der Waals surface area contributed by atoms with Gasteiger partial charge < -0.3 is 14.8 Å². The number of Topliss-reactive ketones (excluding diaryl/α,β-unsaturated/α-hetero) is 1. The molecule has 0 aliphatic carbocycles. The normalized spacial score (nSPS) is 27.3. The molecule has 2 saturated heterocycles. The summed E-state index contributed by atoms with van der Waals surface area (Å²) >= 11 is 0. The molecule has 0 radical (unpaired) electrons. The van der Waals surface area contributed by atoms with Crippen LogP contribution in [0.3, 0.4) is 0 Å². The summed E-state index contributed by atoms with van der Waals surface area (Å²) < 4.78 is 10.4. The highest BCUT2D eigenvalue weighted by Gasteiger charge is 2.59. The highest BCUT2D eigenvalue weighted by atomic mass is 16.5. The molecule has 2 fully saturated rings. The van der Waals surface area contributed by atoms with E-state index >= 15 is 0 Å². The Morgan fingerprint density at radius 3 is 2.92 bits per heavy atom. The first-order valence-corrected chi connectivity index (χ1v) is 13.0. The lowest BCUT2D eigenvalue weighted by molar-refractivity contribution is -0.137. The second kappa shape index (κ2) is 9.03. The summed E-state index contributed by atoms with van der Waals surface area (Å²) in [5.74, 6) is 0.00675. The zero-order valence-electron chi connectivity index (χ0n) is 21.4. The number of esters is 1. The van der Waals surface area contributed by atoms with Crippen LogP contribution in [0.1, 0.15) is 36.5 Å². The number of rotatable bonds is 5. The van der Waals surface area contributed by atoms with Gasteiger partial charge in [0.05, 0.1) is 43.3 Å². The molecule has 1 spiro atoms. The number of fused-ring (bicyclic) bond motifs is 4. The first-order valence-electron chi connectivity index (χ1n) is 13.0. The minimum atomic E-state index is -0.720. The fourth-order valence-electron chi connectivity index (χ4n) is 6.89. The first-order chi connectivity index (χ1) is 18.0. The maximum absolute atomic E-state index is 14.4. The molecule has 4 heterocycles. The average Bonchev–Trinajstić information content (AvgIpc) is 3.62. The van der Waals surface area contributed by atoms with E-state index in [1.807, 2.05) is 30.3 Å². The summed E-state index contributed by atoms with van der Waals surface area (Å²) in [5, 5.41) is 11.9. The molecule has 0 unspecified atom stereocenters. The number of hydrogen-bond donors (Lipinski definition) is 2. The van der Waals surface area contributed by atoms with Crippen LogP contribution in [0.25, 0.3) is 22.0 Å². The van der Waals surface area contributed by atoms with Crippen LogP contribution in [-0.2, 0) is 14.3 Å². The van der Waals surface area contributed by atoms with E-state index in [1.165, 1.54) is 13.4 Å². The van der Waals surface area contributed by atoms with Gasteiger partial charge in [0.15, 0.2) is 5.78 Å². The summed E-state index contributed by atoms with van der Waals surface area (Å²) in [6.45, 7) is 3.83. The summed E-state index contributed by atoms with van der Waals surface area (Å²) in [7, 11) is 2.96. The zero-order valence-corrected chi connectivity index (χ0v) is 21.4. The number of nitrogens with one attached hydrogen (secondary N) is 2. The molecule has 6 rings (SSSR count). The molecule has 1 aromatic heterocycles. The van der Waals surface area contributed by atoms with Crippen molar-refractivity contribution in [2.24, 2.45) is 11.8 Å². The van der Waals surface area contributed by atoms with E-state index in [4.69, 9.17) is 9.47 Å². The Morgan fingerprint density at radius 1 is 1.27 bits per heavy atom. The molecule has 0 saturated carbocycles. The van der Waals surface area contributed by atoms with Crippen molar-refractivity contribution in [1.29, 1.82) is 0 Å². The summed E-state index contributed by atoms with van der Waals surface area (Å²) in [6.07, 6.45) is 5.67. The maximum Gasteiger partial charge on any atom is 0.337 e. The monoisotopic (exact) mass is 500 g/mol. The second-order valence-electron chi connectivity index (χ2n) is 10.4. The first kappa shape index (κ1) is 23.7. The summed E-state index contributed by atoms with van der Waals surface area (Å²) in [6, 6.07) is 12.1. The molecule has 0 amide bonds. The van der Waals surface area contributed by atoms with Gasteiger partial charge in [-0.15, -0.1) is 0 Å². The van der Waals surface area contributed by atoms with Crippen LogP contribution in [0.5, 0.6) is 0 Å². The molecule has 3 aliphatic heterocycles. The molecule has 0 bridgehead atoms. The van der Waals surface area contributed by atoms with Crippen molar-refractivity contribution in [2.75, 3.05) is 32.6 Å². The summed E-state index contributed by atoms with van der Waals surface area (Å²) in [4.78, 5) is 29.5. The lowest BCUT2D eigenvalue weighted by Gasteiger charge is -2.45. The molecule has 192 valence electrons. The van der Waals surface area contributed by atoms with Gasteiger partial charge in [-0.2, -0.15) is 5.10 Å². The number of anilines is 1. The van der Waals surface area contributed by atoms with Crippen LogP contribution in [0.4, 0.5) is 5.69 Å². The van der Waals surface area contributed by atoms with E-state index in [-0.39, 0.29) is 29.6 Å². The third kappa shape index (κ3) is 3.57. The largest absolute Gasteiger partial charge is 0.504 e. The number of methoxy groups -OCH3 is 2. The second-order valence-corrected chi connectivity index (χ2v) is 10.4. The molecule has 37 heavy (non-hydrogen) atoms. The Kier molecular flexibility index (Phi) is 5.79. The predicted octanol–water partition coefficient (Wildman–Crippen LogP) is 4.40. The van der Waals surface area contributed by atoms with Gasteiger partial charge in [0.2, 0.25) is 0 Å². The number of nitrogens with zero attached hydrogens (tertiary/aromatic N) is 2. The van der Waals surface area contributed by atoms with Gasteiger partial charge in [0.1, 0.15) is 5.54 Å². The number of carbonyl (C=O) groups excluding carboxylic acids is 2. The molecule has 2 aromatic carbocycles. The molecular weight excluding hydrogens is 468 g/mol. The lowest BCUT2D eigenvalue weighted by Crippen LogP contribution is -2.57. The maximum atomic E-state index is 14.4. The Morgan fingerprint density at radius 2 is 2.14 bits per heavy atom. The third-order valence-electron chi connectivity index (χ3n) is 8.72. The van der Waals surface area contributed by atoms with Crippen LogP contribution in [-0.4, -0.2) is 65.7 Å². The predicted molar refractivity (Wildman–Crippen MR) is 141 cm³/mol. The Labute approximate surface area is 216 Å². The number of H-pyrrole nitrogens is 1. The molecule has 8 nitrogen and oxygen atoms in total. The number of hydrogen-bond acceptors (Lipinski definition) is 7. The number of ether oxygens (including phenoxy) is 2. The number of carbonyl (C=O) groups is 2. The van der Waals surface area contributed by atoms with Crippen molar-refractivity contribution in [3.63, 3.8) is 0 Å². The van der Waals surface area contributed by atoms with Crippen LogP contribution in [0.2, 0.25) is 0 Å². The van der Waals surface area contributed by atoms with Gasteiger partial charge in [0.25, 0.3) is 0 Å². The molecule has 8 heteroatoms. The van der Waals surface area contributed by atoms with Crippen molar-refractivity contribution < 1.29 is 19.1 Å². The number of benzene rings is 2. The van der Waals surface area contributed by atoms with Crippen molar-refractivity contribution in [3.8, 4) is 11.1 Å². The van der Waals surface area contributed by atoms with Crippen molar-refractivity contribution in [3.05, 3.63) is 60.0 Å². The van der Waals surface area contributed by atoms with Gasteiger partial charge in [-0.1, -0.05) is 37.6 Å². The van der Waals surface area contributed by atoms with Crippen LogP contribution in [0.15, 0.2) is 54.4 Å². The lowest BCUT2D eigenvalue weighted by atomic mass is 9.71. The molecule has 3 aromatic rings. The zero-order chi connectivity index (χ0) is 25.7. The van der Waals surface area contributed by atoms with E-state index in [1.54, 1.807) is 13.3 Å². The standard InChI is InChI=1S/C29H32N4O4/c1-4-17-15-33-11-10-29(25(33)13-21(17)22(16-36-2)28(35)37-3)27(34)26-20(6-5-7-23(26)31-29)18-8-9-19-14-30-32-24(19)12-18/h5-9,12,14,16-17,21,25,31H,4,10-11,13,15H2,1-3H3,(H,30,32)/b22-16+/t17-,21+,25+,29+/m1/s1. The van der Waals surface area contributed by atoms with Crippen molar-refractivity contribution in [2.45, 2.75) is 37.8 Å². The Balaban J connectivity index is 1.38. The summed E-state index contributed by atoms with van der Waals surface area (Å²) in [5.41, 5.74) is 4.31. The van der Waals surface area contributed by atoms with Gasteiger partial charge in [-0.3, -0.25) is 14.8 Å². The Hall–Kier alpha value is -3.65. The van der Waals surface area contributed by atoms with Crippen molar-refractivity contribution in [1.82, 2.24) is 15.1 Å². The van der Waals surface area contributed by atoms with E-state index < -0.39 is 5.54 Å². The van der Waals surface area contributed by atoms with Gasteiger partial charge in [-0.05, 0) is 47.9 Å². The average molecular weight is 501 g/mol. The number of ketones is 1. The highest BCUT2D eigenvalue weighted by Crippen LogP contribution is 2.50. The van der Waals surface area contributed by atoms with E-state index in [0.717, 1.165) is 59.2 Å². The van der Waals surface area contributed by atoms with Gasteiger partial charge in [0, 0.05) is 30.2 Å². The SMILES string of the molecule is CC[C@@H]1CN2CC[C@]3(Nc4cccc(-c5ccc6cn[nH]c6c5)c4C3=O)[C@@H]2C[C@@H]1/C(=C\OC)C(=O)OC. The quantitative estimate of drug-likeness (QED) is 0.304. The van der Waals surface area contributed by atoms with Crippen LogP contribution in [0, 0.1) is 11.8 Å². The number of aromatic nitrogens is 2. The number of aromatic amines is 1. The Bertz CT molecular complexity index is 1410.